The Labute approximate surface area is 145 Å². The van der Waals surface area contributed by atoms with E-state index in [4.69, 9.17) is 5.73 Å². The zero-order valence-electron chi connectivity index (χ0n) is 13.7. The van der Waals surface area contributed by atoms with E-state index in [0.717, 1.165) is 22.6 Å². The Morgan fingerprint density at radius 2 is 1.92 bits per heavy atom. The summed E-state index contributed by atoms with van der Waals surface area (Å²) < 4.78 is 1.74. The molecule has 0 bridgehead atoms. The number of aliphatic hydroxyl groups is 1. The standard InChI is InChI=1S/C19H20N4O2/c20-19(25)16-8-4-5-14(11-16)13-21-18-12-17(22-23(18)9-10-24)15-6-2-1-3-7-15/h1-8,11-12,21,24H,9-10,13H2,(H2,20,25). The van der Waals surface area contributed by atoms with Gasteiger partial charge >= 0.3 is 0 Å². The highest BCUT2D eigenvalue weighted by atomic mass is 16.3. The first-order valence-electron chi connectivity index (χ1n) is 8.04. The second kappa shape index (κ2) is 7.63. The highest BCUT2D eigenvalue weighted by molar-refractivity contribution is 5.92. The minimum absolute atomic E-state index is 0.00174. The summed E-state index contributed by atoms with van der Waals surface area (Å²) in [4.78, 5) is 11.3. The van der Waals surface area contributed by atoms with Crippen molar-refractivity contribution in [3.05, 3.63) is 71.8 Å². The molecule has 4 N–H and O–H groups in total. The fourth-order valence-electron chi connectivity index (χ4n) is 2.60. The van der Waals surface area contributed by atoms with E-state index in [0.29, 0.717) is 18.7 Å². The van der Waals surface area contributed by atoms with Gasteiger partial charge in [0.25, 0.3) is 0 Å². The van der Waals surface area contributed by atoms with Gasteiger partial charge in [-0.1, -0.05) is 42.5 Å². The summed E-state index contributed by atoms with van der Waals surface area (Å²) >= 11 is 0. The van der Waals surface area contributed by atoms with Crippen LogP contribution in [0.1, 0.15) is 15.9 Å². The Hall–Kier alpha value is -3.12. The molecule has 3 aromatic rings. The van der Waals surface area contributed by atoms with Crippen molar-refractivity contribution in [2.75, 3.05) is 11.9 Å². The van der Waals surface area contributed by atoms with Gasteiger partial charge in [0.2, 0.25) is 5.91 Å². The number of nitrogens with zero attached hydrogens (tertiary/aromatic N) is 2. The van der Waals surface area contributed by atoms with Crippen LogP contribution >= 0.6 is 0 Å². The van der Waals surface area contributed by atoms with Gasteiger partial charge in [0, 0.05) is 23.7 Å². The molecule has 6 nitrogen and oxygen atoms in total. The number of aliphatic hydroxyl groups excluding tert-OH is 1. The second-order valence-corrected chi connectivity index (χ2v) is 5.65. The van der Waals surface area contributed by atoms with Crippen molar-refractivity contribution in [1.29, 1.82) is 0 Å². The van der Waals surface area contributed by atoms with E-state index < -0.39 is 5.91 Å². The predicted octanol–water partition coefficient (Wildman–Crippen LogP) is 2.25. The Morgan fingerprint density at radius 3 is 2.64 bits per heavy atom. The maximum Gasteiger partial charge on any atom is 0.248 e. The van der Waals surface area contributed by atoms with E-state index in [-0.39, 0.29) is 6.61 Å². The molecular formula is C19H20N4O2. The van der Waals surface area contributed by atoms with E-state index in [1.54, 1.807) is 22.9 Å². The van der Waals surface area contributed by atoms with E-state index in [1.807, 2.05) is 42.5 Å². The third-order valence-corrected chi connectivity index (χ3v) is 3.85. The number of primary amides is 1. The van der Waals surface area contributed by atoms with E-state index in [1.165, 1.54) is 0 Å². The van der Waals surface area contributed by atoms with Crippen molar-refractivity contribution in [3.63, 3.8) is 0 Å². The number of carbonyl (C=O) groups excluding carboxylic acids is 1. The maximum atomic E-state index is 11.3. The lowest BCUT2D eigenvalue weighted by Crippen LogP contribution is -2.12. The summed E-state index contributed by atoms with van der Waals surface area (Å²) in [5.74, 6) is 0.357. The number of aromatic nitrogens is 2. The highest BCUT2D eigenvalue weighted by Crippen LogP contribution is 2.22. The fourth-order valence-corrected chi connectivity index (χ4v) is 2.60. The van der Waals surface area contributed by atoms with Gasteiger partial charge in [0.1, 0.15) is 5.82 Å². The summed E-state index contributed by atoms with van der Waals surface area (Å²) in [7, 11) is 0. The fraction of sp³-hybridized carbons (Fsp3) is 0.158. The van der Waals surface area contributed by atoms with Crippen molar-refractivity contribution in [3.8, 4) is 11.3 Å². The molecule has 25 heavy (non-hydrogen) atoms. The summed E-state index contributed by atoms with van der Waals surface area (Å²) in [6, 6.07) is 19.0. The van der Waals surface area contributed by atoms with Crippen LogP contribution in [-0.4, -0.2) is 27.4 Å². The largest absolute Gasteiger partial charge is 0.394 e. The Balaban J connectivity index is 1.80. The number of hydrogen-bond donors (Lipinski definition) is 3. The molecule has 0 spiro atoms. The Kier molecular flexibility index (Phi) is 5.11. The first-order chi connectivity index (χ1) is 12.2. The number of hydrogen-bond acceptors (Lipinski definition) is 4. The van der Waals surface area contributed by atoms with Gasteiger partial charge in [-0.2, -0.15) is 5.10 Å². The molecule has 0 radical (unpaired) electrons. The van der Waals surface area contributed by atoms with Crippen LogP contribution in [0.5, 0.6) is 0 Å². The zero-order chi connectivity index (χ0) is 17.6. The van der Waals surface area contributed by atoms with Crippen LogP contribution in [0.15, 0.2) is 60.7 Å². The minimum atomic E-state index is -0.446. The number of amides is 1. The van der Waals surface area contributed by atoms with E-state index in [9.17, 15) is 9.90 Å². The average Bonchev–Trinajstić information content (AvgIpc) is 3.04. The molecule has 128 valence electrons. The molecule has 0 atom stereocenters. The lowest BCUT2D eigenvalue weighted by atomic mass is 10.1. The second-order valence-electron chi connectivity index (χ2n) is 5.65. The molecule has 0 fully saturated rings. The van der Waals surface area contributed by atoms with Crippen LogP contribution in [0.3, 0.4) is 0 Å². The third-order valence-electron chi connectivity index (χ3n) is 3.85. The topological polar surface area (TPSA) is 93.2 Å². The summed E-state index contributed by atoms with van der Waals surface area (Å²) in [6.07, 6.45) is 0. The number of carbonyl (C=O) groups is 1. The summed E-state index contributed by atoms with van der Waals surface area (Å²) in [5.41, 5.74) is 8.59. The lowest BCUT2D eigenvalue weighted by Gasteiger charge is -2.09. The molecule has 0 saturated heterocycles. The number of nitrogens with one attached hydrogen (secondary N) is 1. The highest BCUT2D eigenvalue weighted by Gasteiger charge is 2.09. The third kappa shape index (κ3) is 4.05. The van der Waals surface area contributed by atoms with Gasteiger partial charge < -0.3 is 16.2 Å². The molecule has 0 saturated carbocycles. The number of benzene rings is 2. The quantitative estimate of drug-likeness (QED) is 0.617. The Morgan fingerprint density at radius 1 is 1.12 bits per heavy atom. The van der Waals surface area contributed by atoms with Crippen molar-refractivity contribution < 1.29 is 9.90 Å². The van der Waals surface area contributed by atoms with Gasteiger partial charge in [0.05, 0.1) is 18.8 Å². The molecule has 0 aliphatic rings. The van der Waals surface area contributed by atoms with Crippen LogP contribution in [0, 0.1) is 0 Å². The minimum Gasteiger partial charge on any atom is -0.394 e. The summed E-state index contributed by atoms with van der Waals surface area (Å²) in [6.45, 7) is 0.921. The smallest absolute Gasteiger partial charge is 0.248 e. The van der Waals surface area contributed by atoms with Crippen molar-refractivity contribution in [2.45, 2.75) is 13.1 Å². The van der Waals surface area contributed by atoms with Gasteiger partial charge in [-0.15, -0.1) is 0 Å². The van der Waals surface area contributed by atoms with Crippen molar-refractivity contribution in [1.82, 2.24) is 9.78 Å². The van der Waals surface area contributed by atoms with Crippen molar-refractivity contribution >= 4 is 11.7 Å². The normalized spacial score (nSPS) is 10.6. The average molecular weight is 336 g/mol. The molecule has 1 heterocycles. The first-order valence-corrected chi connectivity index (χ1v) is 8.04. The molecule has 1 amide bonds. The number of rotatable bonds is 7. The molecule has 2 aromatic carbocycles. The lowest BCUT2D eigenvalue weighted by molar-refractivity contribution is 0.1000. The zero-order valence-corrected chi connectivity index (χ0v) is 13.7. The van der Waals surface area contributed by atoms with Crippen LogP contribution in [0.25, 0.3) is 11.3 Å². The van der Waals surface area contributed by atoms with Crippen LogP contribution in [0.4, 0.5) is 5.82 Å². The SMILES string of the molecule is NC(=O)c1cccc(CNc2cc(-c3ccccc3)nn2CCO)c1. The molecule has 6 heteroatoms. The van der Waals surface area contributed by atoms with E-state index in [2.05, 4.69) is 10.4 Å². The first kappa shape index (κ1) is 16.7. The molecule has 3 rings (SSSR count). The predicted molar refractivity (Wildman–Crippen MR) is 97.0 cm³/mol. The van der Waals surface area contributed by atoms with E-state index >= 15 is 0 Å². The Bertz CT molecular complexity index is 859. The summed E-state index contributed by atoms with van der Waals surface area (Å²) in [5, 5.41) is 17.1. The van der Waals surface area contributed by atoms with Crippen LogP contribution in [0.2, 0.25) is 0 Å². The molecule has 0 unspecified atom stereocenters. The van der Waals surface area contributed by atoms with Crippen LogP contribution < -0.4 is 11.1 Å². The molecular weight excluding hydrogens is 316 g/mol. The van der Waals surface area contributed by atoms with Gasteiger partial charge in [0.15, 0.2) is 0 Å². The van der Waals surface area contributed by atoms with Gasteiger partial charge in [-0.3, -0.25) is 4.79 Å². The monoisotopic (exact) mass is 336 g/mol. The van der Waals surface area contributed by atoms with Gasteiger partial charge in [-0.25, -0.2) is 4.68 Å². The van der Waals surface area contributed by atoms with Crippen LogP contribution in [-0.2, 0) is 13.1 Å². The number of nitrogens with two attached hydrogens (primary N) is 1. The van der Waals surface area contributed by atoms with Gasteiger partial charge in [-0.05, 0) is 17.7 Å². The molecule has 0 aliphatic carbocycles. The maximum absolute atomic E-state index is 11.3. The number of anilines is 1. The molecule has 1 aromatic heterocycles. The molecule has 0 aliphatic heterocycles. The van der Waals surface area contributed by atoms with Crippen molar-refractivity contribution in [2.24, 2.45) is 5.73 Å².